The smallest absolute Gasteiger partial charge is 0.250 e. The molecule has 2 aliphatic heterocycles. The summed E-state index contributed by atoms with van der Waals surface area (Å²) < 4.78 is 13.6. The molecule has 2 aliphatic rings. The highest BCUT2D eigenvalue weighted by atomic mass is 16.5. The number of allylic oxidation sites excluding steroid dienone is 1. The van der Waals surface area contributed by atoms with E-state index >= 15 is 0 Å². The Morgan fingerprint density at radius 1 is 1.33 bits per heavy atom. The summed E-state index contributed by atoms with van der Waals surface area (Å²) in [6.45, 7) is 1.91. The summed E-state index contributed by atoms with van der Waals surface area (Å²) in [7, 11) is 0. The normalized spacial score (nSPS) is 22.8. The number of para-hydroxylation sites is 1. The maximum atomic E-state index is 11.7. The van der Waals surface area contributed by atoms with Crippen LogP contribution in [0.25, 0.3) is 0 Å². The summed E-state index contributed by atoms with van der Waals surface area (Å²) in [4.78, 5) is 19.7. The number of nitrogens with zero attached hydrogens (tertiary/aromatic N) is 3. The molecule has 0 radical (unpaired) electrons. The SMILES string of the molecule is [2H]C1N=CC=C(N2CCOCC2)N1c1ccccc1C(N)=O. The van der Waals surface area contributed by atoms with Gasteiger partial charge in [-0.1, -0.05) is 12.1 Å². The number of rotatable bonds is 3. The van der Waals surface area contributed by atoms with Crippen LogP contribution in [0, 0.1) is 0 Å². The average molecular weight is 287 g/mol. The van der Waals surface area contributed by atoms with Gasteiger partial charge in [0.1, 0.15) is 12.5 Å². The summed E-state index contributed by atoms with van der Waals surface area (Å²) in [5, 5.41) is 0. The van der Waals surface area contributed by atoms with Crippen LogP contribution in [0.3, 0.4) is 0 Å². The lowest BCUT2D eigenvalue weighted by molar-refractivity contribution is 0.0523. The van der Waals surface area contributed by atoms with E-state index in [0.717, 1.165) is 18.9 Å². The van der Waals surface area contributed by atoms with Gasteiger partial charge in [-0.2, -0.15) is 0 Å². The van der Waals surface area contributed by atoms with Gasteiger partial charge in [-0.05, 0) is 18.2 Å². The Labute approximate surface area is 124 Å². The van der Waals surface area contributed by atoms with Crippen molar-refractivity contribution in [3.8, 4) is 0 Å². The number of amides is 1. The second-order valence-corrected chi connectivity index (χ2v) is 4.79. The molecule has 6 nitrogen and oxygen atoms in total. The molecule has 21 heavy (non-hydrogen) atoms. The summed E-state index contributed by atoms with van der Waals surface area (Å²) >= 11 is 0. The molecule has 1 atom stereocenters. The minimum absolute atomic E-state index is 0.385. The number of carbonyl (C=O) groups excluding carboxylic acids is 1. The van der Waals surface area contributed by atoms with Crippen molar-refractivity contribution in [1.29, 1.82) is 0 Å². The molecule has 0 aromatic heterocycles. The fourth-order valence-electron chi connectivity index (χ4n) is 2.48. The fourth-order valence-corrected chi connectivity index (χ4v) is 2.48. The summed E-state index contributed by atoms with van der Waals surface area (Å²) in [6, 6.07) is 7.04. The van der Waals surface area contributed by atoms with Gasteiger partial charge >= 0.3 is 0 Å². The Morgan fingerprint density at radius 2 is 2.10 bits per heavy atom. The number of benzene rings is 1. The zero-order chi connectivity index (χ0) is 15.5. The van der Waals surface area contributed by atoms with E-state index in [1.54, 1.807) is 29.3 Å². The molecule has 2 N–H and O–H groups in total. The number of ether oxygens (including phenoxy) is 1. The maximum Gasteiger partial charge on any atom is 0.250 e. The standard InChI is InChI=1S/C15H18N4O2/c16-15(20)12-3-1-2-4-13(12)19-11-17-6-5-14(19)18-7-9-21-10-8-18/h1-6H,7-11H2,(H2,16,20)/i11D. The molecule has 0 saturated carbocycles. The van der Waals surface area contributed by atoms with Crippen LogP contribution in [0.2, 0.25) is 0 Å². The maximum absolute atomic E-state index is 11.7. The first-order chi connectivity index (χ1) is 10.7. The first-order valence-electron chi connectivity index (χ1n) is 7.42. The quantitative estimate of drug-likeness (QED) is 0.893. The first-order valence-corrected chi connectivity index (χ1v) is 6.85. The van der Waals surface area contributed by atoms with Crippen molar-refractivity contribution in [1.82, 2.24) is 4.90 Å². The molecule has 0 spiro atoms. The van der Waals surface area contributed by atoms with E-state index in [1.165, 1.54) is 0 Å². The lowest BCUT2D eigenvalue weighted by Crippen LogP contribution is -2.43. The molecule has 1 unspecified atom stereocenters. The van der Waals surface area contributed by atoms with Gasteiger partial charge in [0.2, 0.25) is 0 Å². The molecule has 2 heterocycles. The van der Waals surface area contributed by atoms with Crippen molar-refractivity contribution < 1.29 is 10.9 Å². The van der Waals surface area contributed by atoms with Crippen molar-refractivity contribution >= 4 is 17.8 Å². The van der Waals surface area contributed by atoms with Crippen LogP contribution in [0.1, 0.15) is 11.7 Å². The minimum Gasteiger partial charge on any atom is -0.378 e. The van der Waals surface area contributed by atoms with Crippen LogP contribution >= 0.6 is 0 Å². The fraction of sp³-hybridized carbons (Fsp3) is 0.333. The molecule has 3 rings (SSSR count). The van der Waals surface area contributed by atoms with Crippen molar-refractivity contribution in [2.75, 3.05) is 37.8 Å². The van der Waals surface area contributed by atoms with E-state index in [2.05, 4.69) is 9.89 Å². The Kier molecular flexibility index (Phi) is 3.52. The third-order valence-corrected chi connectivity index (χ3v) is 3.50. The molecule has 6 heteroatoms. The van der Waals surface area contributed by atoms with Gasteiger partial charge in [-0.3, -0.25) is 9.79 Å². The lowest BCUT2D eigenvalue weighted by Gasteiger charge is -2.38. The largest absolute Gasteiger partial charge is 0.378 e. The number of aliphatic imine (C=N–C) groups is 1. The molecule has 1 saturated heterocycles. The molecular formula is C15H18N4O2. The van der Waals surface area contributed by atoms with Crippen LogP contribution < -0.4 is 10.6 Å². The third kappa shape index (κ3) is 2.75. The van der Waals surface area contributed by atoms with Gasteiger partial charge in [-0.25, -0.2) is 0 Å². The molecule has 1 fully saturated rings. The minimum atomic E-state index is -0.844. The number of nitrogens with two attached hydrogens (primary N) is 1. The Bertz CT molecular complexity index is 626. The highest BCUT2D eigenvalue weighted by Crippen LogP contribution is 2.27. The highest BCUT2D eigenvalue weighted by Gasteiger charge is 2.24. The van der Waals surface area contributed by atoms with Crippen LogP contribution in [0.5, 0.6) is 0 Å². The molecule has 110 valence electrons. The predicted octanol–water partition coefficient (Wildman–Crippen LogP) is 0.807. The van der Waals surface area contributed by atoms with Crippen molar-refractivity contribution in [3.63, 3.8) is 0 Å². The van der Waals surface area contributed by atoms with Crippen molar-refractivity contribution in [3.05, 3.63) is 41.7 Å². The van der Waals surface area contributed by atoms with Gasteiger partial charge in [0.05, 0.1) is 25.8 Å². The van der Waals surface area contributed by atoms with Crippen LogP contribution in [-0.2, 0) is 4.74 Å². The van der Waals surface area contributed by atoms with Gasteiger partial charge in [0.15, 0.2) is 0 Å². The van der Waals surface area contributed by atoms with Crippen LogP contribution in [0.4, 0.5) is 5.69 Å². The zero-order valence-electron chi connectivity index (χ0n) is 12.6. The second-order valence-electron chi connectivity index (χ2n) is 4.79. The van der Waals surface area contributed by atoms with Crippen LogP contribution in [0.15, 0.2) is 41.2 Å². The van der Waals surface area contributed by atoms with Crippen molar-refractivity contribution in [2.45, 2.75) is 0 Å². The Morgan fingerprint density at radius 3 is 2.86 bits per heavy atom. The van der Waals surface area contributed by atoms with Gasteiger partial charge in [0, 0.05) is 19.3 Å². The average Bonchev–Trinajstić information content (AvgIpc) is 2.55. The molecule has 1 aromatic carbocycles. The Hall–Kier alpha value is -2.34. The van der Waals surface area contributed by atoms with Gasteiger partial charge in [0.25, 0.3) is 5.91 Å². The molecule has 1 aromatic rings. The molecule has 0 aliphatic carbocycles. The number of anilines is 1. The molecule has 0 bridgehead atoms. The van der Waals surface area contributed by atoms with Crippen LogP contribution in [-0.4, -0.2) is 50.0 Å². The van der Waals surface area contributed by atoms with E-state index in [9.17, 15) is 4.79 Å². The summed E-state index contributed by atoms with van der Waals surface area (Å²) in [6.07, 6.45) is 3.49. The molecule has 1 amide bonds. The second kappa shape index (κ2) is 5.97. The Balaban J connectivity index is 2.01. The first kappa shape index (κ1) is 12.4. The summed E-state index contributed by atoms with van der Waals surface area (Å²) in [5.74, 6) is 0.325. The number of primary amides is 1. The van der Waals surface area contributed by atoms with Gasteiger partial charge in [-0.15, -0.1) is 0 Å². The summed E-state index contributed by atoms with van der Waals surface area (Å²) in [5.41, 5.74) is 6.46. The number of morpholine rings is 1. The number of carbonyl (C=O) groups is 1. The predicted molar refractivity (Wildman–Crippen MR) is 81.3 cm³/mol. The van der Waals surface area contributed by atoms with E-state index in [4.69, 9.17) is 11.8 Å². The zero-order valence-corrected chi connectivity index (χ0v) is 11.6. The molecular weight excluding hydrogens is 268 g/mol. The monoisotopic (exact) mass is 287 g/mol. The van der Waals surface area contributed by atoms with Crippen molar-refractivity contribution in [2.24, 2.45) is 10.7 Å². The van der Waals surface area contributed by atoms with Gasteiger partial charge < -0.3 is 20.3 Å². The number of hydrogen-bond donors (Lipinski definition) is 1. The third-order valence-electron chi connectivity index (χ3n) is 3.50. The van der Waals surface area contributed by atoms with E-state index < -0.39 is 12.6 Å². The van der Waals surface area contributed by atoms with E-state index in [-0.39, 0.29) is 0 Å². The van der Waals surface area contributed by atoms with E-state index in [1.807, 2.05) is 12.1 Å². The number of hydrogen-bond acceptors (Lipinski definition) is 5. The topological polar surface area (TPSA) is 71.2 Å². The van der Waals surface area contributed by atoms with E-state index in [0.29, 0.717) is 24.5 Å². The lowest BCUT2D eigenvalue weighted by atomic mass is 10.1. The highest BCUT2D eigenvalue weighted by molar-refractivity contribution is 5.99.